The molecule has 0 radical (unpaired) electrons. The van der Waals surface area contributed by atoms with E-state index in [1.807, 2.05) is 6.92 Å². The van der Waals surface area contributed by atoms with Crippen LogP contribution in [-0.4, -0.2) is 50.7 Å². The summed E-state index contributed by atoms with van der Waals surface area (Å²) in [5.41, 5.74) is 2.47. The lowest BCUT2D eigenvalue weighted by Gasteiger charge is -2.16. The quantitative estimate of drug-likeness (QED) is 0.558. The molecule has 0 aliphatic rings. The topological polar surface area (TPSA) is 88.9 Å². The van der Waals surface area contributed by atoms with E-state index in [9.17, 15) is 14.4 Å². The summed E-state index contributed by atoms with van der Waals surface area (Å²) in [7, 11) is 0. The molecule has 0 aromatic heterocycles. The van der Waals surface area contributed by atoms with E-state index in [1.165, 1.54) is 11.1 Å². The van der Waals surface area contributed by atoms with Gasteiger partial charge in [0.2, 0.25) is 0 Å². The van der Waals surface area contributed by atoms with Gasteiger partial charge in [-0.3, -0.25) is 14.9 Å². The van der Waals surface area contributed by atoms with E-state index in [2.05, 4.69) is 53.5 Å². The monoisotopic (exact) mass is 378 g/mol. The van der Waals surface area contributed by atoms with Crippen molar-refractivity contribution in [3.8, 4) is 0 Å². The van der Waals surface area contributed by atoms with Crippen molar-refractivity contribution in [3.05, 3.63) is 35.4 Å². The van der Waals surface area contributed by atoms with Crippen molar-refractivity contribution in [2.24, 2.45) is 0 Å². The van der Waals surface area contributed by atoms with Gasteiger partial charge in [0, 0.05) is 6.54 Å². The second kappa shape index (κ2) is 12.1. The average Bonchev–Trinajstić information content (AvgIpc) is 2.61. The predicted molar refractivity (Wildman–Crippen MR) is 104 cm³/mol. The Morgan fingerprint density at radius 3 is 2.22 bits per heavy atom. The van der Waals surface area contributed by atoms with Gasteiger partial charge < -0.3 is 15.0 Å². The van der Waals surface area contributed by atoms with Crippen molar-refractivity contribution in [2.75, 3.05) is 32.8 Å². The number of hydrogen-bond donors (Lipinski definition) is 3. The van der Waals surface area contributed by atoms with Gasteiger partial charge in [0.1, 0.15) is 0 Å². The van der Waals surface area contributed by atoms with Crippen LogP contribution >= 0.6 is 0 Å². The first-order valence-electron chi connectivity index (χ1n) is 9.51. The zero-order valence-electron chi connectivity index (χ0n) is 16.8. The Morgan fingerprint density at radius 1 is 1.04 bits per heavy atom. The molecule has 0 aliphatic carbocycles. The van der Waals surface area contributed by atoms with Crippen LogP contribution in [0.1, 0.15) is 44.7 Å². The summed E-state index contributed by atoms with van der Waals surface area (Å²) in [5, 5.41) is 5.03. The second-order valence-electron chi connectivity index (χ2n) is 6.72. The molecule has 0 fully saturated rings. The maximum atomic E-state index is 12.1. The second-order valence-corrected chi connectivity index (χ2v) is 6.72. The third-order valence-corrected chi connectivity index (χ3v) is 4.22. The minimum absolute atomic E-state index is 0.0411. The van der Waals surface area contributed by atoms with E-state index in [0.29, 0.717) is 19.0 Å². The lowest BCUT2D eigenvalue weighted by Crippen LogP contribution is -3.14. The molecule has 27 heavy (non-hydrogen) atoms. The van der Waals surface area contributed by atoms with Gasteiger partial charge in [0.15, 0.2) is 13.1 Å². The highest BCUT2D eigenvalue weighted by atomic mass is 16.5. The van der Waals surface area contributed by atoms with E-state index in [1.54, 1.807) is 6.92 Å². The maximum Gasteiger partial charge on any atom is 0.414 e. The zero-order valence-corrected chi connectivity index (χ0v) is 16.8. The van der Waals surface area contributed by atoms with Gasteiger partial charge in [0.05, 0.1) is 13.2 Å². The third-order valence-electron chi connectivity index (χ3n) is 4.22. The third kappa shape index (κ3) is 9.19. The summed E-state index contributed by atoms with van der Waals surface area (Å²) < 4.78 is 4.66. The molecule has 1 unspecified atom stereocenters. The van der Waals surface area contributed by atoms with Crippen molar-refractivity contribution >= 4 is 17.9 Å². The number of carbonyl (C=O) groups excluding carboxylic acids is 3. The summed E-state index contributed by atoms with van der Waals surface area (Å²) in [4.78, 5) is 35.9. The Balaban J connectivity index is 2.34. The first-order chi connectivity index (χ1) is 12.8. The molecule has 1 atom stereocenters. The van der Waals surface area contributed by atoms with Crippen LogP contribution < -0.4 is 15.5 Å². The first-order valence-corrected chi connectivity index (χ1v) is 9.51. The van der Waals surface area contributed by atoms with Crippen molar-refractivity contribution in [1.82, 2.24) is 10.6 Å². The van der Waals surface area contributed by atoms with E-state index in [4.69, 9.17) is 0 Å². The normalized spacial score (nSPS) is 11.7. The van der Waals surface area contributed by atoms with Gasteiger partial charge in [-0.05, 0) is 37.3 Å². The molecular weight excluding hydrogens is 346 g/mol. The average molecular weight is 378 g/mol. The van der Waals surface area contributed by atoms with Gasteiger partial charge in [0.25, 0.3) is 11.8 Å². The number of ether oxygens (including phenoxy) is 1. The van der Waals surface area contributed by atoms with Crippen molar-refractivity contribution in [1.29, 1.82) is 0 Å². The first kappa shape index (κ1) is 22.6. The largest absolute Gasteiger partial charge is 0.450 e. The number of benzene rings is 1. The fraction of sp³-hybridized carbons (Fsp3) is 0.550. The van der Waals surface area contributed by atoms with Gasteiger partial charge in [-0.25, -0.2) is 4.79 Å². The van der Waals surface area contributed by atoms with Crippen LogP contribution in [0.15, 0.2) is 24.3 Å². The van der Waals surface area contributed by atoms with Crippen LogP contribution in [0.3, 0.4) is 0 Å². The highest BCUT2D eigenvalue weighted by Crippen LogP contribution is 2.14. The number of likely N-dealkylation sites (N-methyl/N-ethyl adjacent to an activating group) is 1. The summed E-state index contributed by atoms with van der Waals surface area (Å²) in [5.74, 6) is -0.0688. The molecule has 1 aromatic carbocycles. The molecule has 1 aromatic rings. The number of rotatable bonds is 10. The summed E-state index contributed by atoms with van der Waals surface area (Å²) >= 11 is 0. The molecular formula is C20H32N3O4+. The van der Waals surface area contributed by atoms with E-state index < -0.39 is 12.0 Å². The molecule has 0 saturated carbocycles. The zero-order chi connectivity index (χ0) is 20.2. The maximum absolute atomic E-state index is 12.1. The SMILES string of the molecule is CCOC(=O)NC(=O)C[NH+](CC)CC(=O)NCCc1ccc(C(C)C)cc1. The molecule has 0 aliphatic heterocycles. The summed E-state index contributed by atoms with van der Waals surface area (Å²) in [6, 6.07) is 8.41. The van der Waals surface area contributed by atoms with Gasteiger partial charge >= 0.3 is 6.09 Å². The van der Waals surface area contributed by atoms with Crippen LogP contribution in [0.5, 0.6) is 0 Å². The van der Waals surface area contributed by atoms with Crippen LogP contribution in [0.25, 0.3) is 0 Å². The van der Waals surface area contributed by atoms with Crippen molar-refractivity contribution < 1.29 is 24.0 Å². The van der Waals surface area contributed by atoms with Crippen LogP contribution in [0.2, 0.25) is 0 Å². The van der Waals surface area contributed by atoms with Crippen molar-refractivity contribution in [3.63, 3.8) is 0 Å². The Kier molecular flexibility index (Phi) is 10.1. The van der Waals surface area contributed by atoms with E-state index >= 15 is 0 Å². The molecule has 0 bridgehead atoms. The lowest BCUT2D eigenvalue weighted by molar-refractivity contribution is -0.881. The Labute approximate surface area is 161 Å². The van der Waals surface area contributed by atoms with Gasteiger partial charge in [-0.1, -0.05) is 38.1 Å². The number of amides is 3. The molecule has 3 amide bonds. The van der Waals surface area contributed by atoms with Crippen molar-refractivity contribution in [2.45, 2.75) is 40.0 Å². The molecule has 3 N–H and O–H groups in total. The summed E-state index contributed by atoms with van der Waals surface area (Å²) in [6.07, 6.45) is 0.000412. The summed E-state index contributed by atoms with van der Waals surface area (Å²) in [6.45, 7) is 9.43. The molecule has 0 spiro atoms. The smallest absolute Gasteiger partial charge is 0.414 e. The van der Waals surface area contributed by atoms with E-state index in [-0.39, 0.29) is 25.6 Å². The standard InChI is InChI=1S/C20H31N3O4/c1-5-23(14-19(25)22-20(26)27-6-2)13-18(24)21-12-11-16-7-9-17(10-8-16)15(3)4/h7-10,15H,5-6,11-14H2,1-4H3,(H,21,24)(H,22,25,26)/p+1. The minimum Gasteiger partial charge on any atom is -0.450 e. The predicted octanol–water partition coefficient (Wildman–Crippen LogP) is 0.646. The molecule has 7 nitrogen and oxygen atoms in total. The lowest BCUT2D eigenvalue weighted by atomic mass is 10.0. The van der Waals surface area contributed by atoms with Crippen LogP contribution in [0, 0.1) is 0 Å². The number of nitrogens with one attached hydrogen (secondary N) is 3. The molecule has 150 valence electrons. The number of alkyl carbamates (subject to hydrolysis) is 1. The van der Waals surface area contributed by atoms with Gasteiger partial charge in [-0.2, -0.15) is 0 Å². The minimum atomic E-state index is -0.758. The number of quaternary nitrogens is 1. The highest BCUT2D eigenvalue weighted by molar-refractivity contribution is 5.92. The Bertz CT molecular complexity index is 614. The molecule has 1 rings (SSSR count). The number of imide groups is 1. The van der Waals surface area contributed by atoms with Gasteiger partial charge in [-0.15, -0.1) is 0 Å². The molecule has 7 heteroatoms. The molecule has 0 saturated heterocycles. The Hall–Kier alpha value is -2.41. The number of carbonyl (C=O) groups is 3. The van der Waals surface area contributed by atoms with Crippen LogP contribution in [-0.2, 0) is 20.7 Å². The van der Waals surface area contributed by atoms with E-state index in [0.717, 1.165) is 11.3 Å². The highest BCUT2D eigenvalue weighted by Gasteiger charge is 2.18. The van der Waals surface area contributed by atoms with Crippen LogP contribution in [0.4, 0.5) is 4.79 Å². The molecule has 0 heterocycles. The Morgan fingerprint density at radius 2 is 1.67 bits per heavy atom. The number of hydrogen-bond acceptors (Lipinski definition) is 4. The fourth-order valence-electron chi connectivity index (χ4n) is 2.57. The fourth-order valence-corrected chi connectivity index (χ4v) is 2.57.